The van der Waals surface area contributed by atoms with Crippen LogP contribution >= 0.6 is 0 Å². The average Bonchev–Trinajstić information content (AvgIpc) is 3.21. The van der Waals surface area contributed by atoms with Gasteiger partial charge in [0.15, 0.2) is 0 Å². The van der Waals surface area contributed by atoms with Crippen molar-refractivity contribution >= 4 is 22.6 Å². The van der Waals surface area contributed by atoms with Crippen molar-refractivity contribution < 1.29 is 22.3 Å². The molecule has 4 rings (SSSR count). The highest BCUT2D eigenvalue weighted by molar-refractivity contribution is 7.86. The number of aryl methyl sites for hydroxylation is 2. The lowest BCUT2D eigenvalue weighted by atomic mass is 9.88. The summed E-state index contributed by atoms with van der Waals surface area (Å²) in [5.41, 5.74) is 2.49. The lowest BCUT2D eigenvalue weighted by Crippen LogP contribution is -2.50. The van der Waals surface area contributed by atoms with E-state index in [1.54, 1.807) is 0 Å². The van der Waals surface area contributed by atoms with Gasteiger partial charge in [-0.25, -0.2) is 13.0 Å². The van der Waals surface area contributed by atoms with Crippen molar-refractivity contribution in [1.82, 2.24) is 15.4 Å². The summed E-state index contributed by atoms with van der Waals surface area (Å²) < 4.78 is 47.8. The number of halogens is 2. The maximum Gasteiger partial charge on any atom is 0.248 e. The molecule has 1 aromatic carbocycles. The summed E-state index contributed by atoms with van der Waals surface area (Å²) in [6.07, 6.45) is 2.60. The normalized spacial score (nSPS) is 20.7. The molecule has 38 heavy (non-hydrogen) atoms. The predicted octanol–water partition coefficient (Wildman–Crippen LogP) is 4.80. The van der Waals surface area contributed by atoms with Crippen molar-refractivity contribution in [2.75, 3.05) is 29.7 Å². The van der Waals surface area contributed by atoms with E-state index in [0.717, 1.165) is 42.9 Å². The van der Waals surface area contributed by atoms with Crippen molar-refractivity contribution in [1.29, 1.82) is 0 Å². The summed E-state index contributed by atoms with van der Waals surface area (Å²) in [5.74, 6) is -1.44. The second-order valence-corrected chi connectivity index (χ2v) is 12.3. The van der Waals surface area contributed by atoms with Crippen LogP contribution in [0.4, 0.5) is 14.5 Å². The second-order valence-electron chi connectivity index (χ2n) is 10.9. The quantitative estimate of drug-likeness (QED) is 0.460. The van der Waals surface area contributed by atoms with Crippen molar-refractivity contribution in [3.05, 3.63) is 47.3 Å². The number of aromatic nitrogens is 1. The number of likely N-dealkylation sites (tertiary alicyclic amines) is 1. The summed E-state index contributed by atoms with van der Waals surface area (Å²) in [7, 11) is -1.30. The van der Waals surface area contributed by atoms with Crippen LogP contribution in [0.3, 0.4) is 0 Å². The van der Waals surface area contributed by atoms with E-state index in [4.69, 9.17) is 4.52 Å². The molecule has 1 amide bonds. The molecular formula is C28H40F2N4O3S. The lowest BCUT2D eigenvalue weighted by Gasteiger charge is -2.39. The Labute approximate surface area is 226 Å². The van der Waals surface area contributed by atoms with E-state index in [1.807, 2.05) is 48.5 Å². The number of nitrogens with one attached hydrogen (secondary N) is 1. The van der Waals surface area contributed by atoms with Crippen molar-refractivity contribution in [2.45, 2.75) is 83.7 Å². The summed E-state index contributed by atoms with van der Waals surface area (Å²) in [6.45, 7) is 8.07. The first-order chi connectivity index (χ1) is 18.1. The van der Waals surface area contributed by atoms with Gasteiger partial charge >= 0.3 is 0 Å². The number of hydrogen-bond acceptors (Lipinski definition) is 5. The fraction of sp³-hybridized carbons (Fsp3) is 0.643. The van der Waals surface area contributed by atoms with Crippen molar-refractivity contribution in [3.63, 3.8) is 0 Å². The Balaban J connectivity index is 1.30. The minimum Gasteiger partial charge on any atom is -0.361 e. The molecular weight excluding hydrogens is 510 g/mol. The molecule has 210 valence electrons. The Morgan fingerprint density at radius 2 is 1.84 bits per heavy atom. The predicted molar refractivity (Wildman–Crippen MR) is 146 cm³/mol. The molecule has 1 aliphatic carbocycles. The molecule has 2 heterocycles. The highest BCUT2D eigenvalue weighted by atomic mass is 32.2. The lowest BCUT2D eigenvalue weighted by molar-refractivity contribution is -0.121. The molecule has 0 bridgehead atoms. The van der Waals surface area contributed by atoms with Crippen LogP contribution in [0.15, 0.2) is 34.9 Å². The van der Waals surface area contributed by atoms with Gasteiger partial charge in [-0.1, -0.05) is 23.4 Å². The number of hydrogen-bond donors (Lipinski definition) is 1. The maximum atomic E-state index is 13.6. The first kappa shape index (κ1) is 28.7. The molecule has 0 radical (unpaired) electrons. The second kappa shape index (κ2) is 12.7. The zero-order chi connectivity index (χ0) is 27.3. The highest BCUT2D eigenvalue weighted by Gasteiger charge is 2.36. The third-order valence-electron chi connectivity index (χ3n) is 7.97. The first-order valence-electron chi connectivity index (χ1n) is 13.7. The minimum atomic E-state index is -2.58. The number of anilines is 1. The van der Waals surface area contributed by atoms with E-state index in [1.165, 1.54) is 0 Å². The van der Waals surface area contributed by atoms with Gasteiger partial charge in [-0.15, -0.1) is 0 Å². The van der Waals surface area contributed by atoms with Crippen LogP contribution in [-0.2, 0) is 22.2 Å². The van der Waals surface area contributed by atoms with Gasteiger partial charge in [-0.2, -0.15) is 0 Å². The summed E-state index contributed by atoms with van der Waals surface area (Å²) in [5, 5.41) is 7.08. The number of para-hydroxylation sites is 1. The van der Waals surface area contributed by atoms with Crippen LogP contribution in [-0.4, -0.2) is 63.6 Å². The number of carbonyl (C=O) groups is 1. The maximum absolute atomic E-state index is 13.6. The standard InChI is InChI=1S/C28H40F2N4O3S/c1-20(33-15-11-24(12-16-33)31-27(35)17-26-21(2)32-37-22(26)3)18-34(25-7-5-4-6-8-25)38(36)19-23-9-13-28(29,30)14-10-23/h4-8,20,23-24H,9-19H2,1-3H3,(H,31,35)/t20-,38?/m1/s1. The monoisotopic (exact) mass is 550 g/mol. The molecule has 10 heteroatoms. The molecule has 7 nitrogen and oxygen atoms in total. The first-order valence-corrected chi connectivity index (χ1v) is 14.9. The van der Waals surface area contributed by atoms with Gasteiger partial charge in [0.05, 0.1) is 12.1 Å². The van der Waals surface area contributed by atoms with Crippen molar-refractivity contribution in [2.24, 2.45) is 5.92 Å². The fourth-order valence-electron chi connectivity index (χ4n) is 5.49. The fourth-order valence-corrected chi connectivity index (χ4v) is 7.15. The molecule has 2 aliphatic rings. The molecule has 1 N–H and O–H groups in total. The Kier molecular flexibility index (Phi) is 9.57. The smallest absolute Gasteiger partial charge is 0.248 e. The van der Waals surface area contributed by atoms with Crippen LogP contribution in [0, 0.1) is 19.8 Å². The third-order valence-corrected chi connectivity index (χ3v) is 9.58. The van der Waals surface area contributed by atoms with Crippen LogP contribution in [0.25, 0.3) is 0 Å². The number of nitrogens with zero attached hydrogens (tertiary/aromatic N) is 3. The van der Waals surface area contributed by atoms with Gasteiger partial charge in [0, 0.05) is 61.6 Å². The van der Waals surface area contributed by atoms with E-state index in [9.17, 15) is 17.8 Å². The number of carbonyl (C=O) groups excluding carboxylic acids is 1. The number of benzene rings is 1. The SMILES string of the molecule is Cc1noc(C)c1CC(=O)NC1CCN([C@H](C)CN(c2ccccc2)S(=O)CC2CCC(F)(F)CC2)CC1. The molecule has 1 saturated heterocycles. The summed E-state index contributed by atoms with van der Waals surface area (Å²) in [4.78, 5) is 15.0. The van der Waals surface area contributed by atoms with E-state index in [-0.39, 0.29) is 43.2 Å². The minimum absolute atomic E-state index is 0.0166. The summed E-state index contributed by atoms with van der Waals surface area (Å²) >= 11 is 0. The van der Waals surface area contributed by atoms with Gasteiger partial charge in [0.2, 0.25) is 11.8 Å². The Bertz CT molecular complexity index is 1060. The van der Waals surface area contributed by atoms with Gasteiger partial charge in [-0.05, 0) is 64.5 Å². The van der Waals surface area contributed by atoms with Crippen molar-refractivity contribution in [3.8, 4) is 0 Å². The van der Waals surface area contributed by atoms with Gasteiger partial charge in [0.1, 0.15) is 16.7 Å². The van der Waals surface area contributed by atoms with Crippen LogP contribution in [0.2, 0.25) is 0 Å². The van der Waals surface area contributed by atoms with E-state index in [2.05, 4.69) is 22.3 Å². The Hall–Kier alpha value is -2.33. The van der Waals surface area contributed by atoms with Gasteiger partial charge in [0.25, 0.3) is 0 Å². The molecule has 1 aromatic heterocycles. The molecule has 0 spiro atoms. The molecule has 2 atom stereocenters. The highest BCUT2D eigenvalue weighted by Crippen LogP contribution is 2.37. The Morgan fingerprint density at radius 3 is 2.45 bits per heavy atom. The molecule has 2 fully saturated rings. The van der Waals surface area contributed by atoms with Crippen LogP contribution in [0.5, 0.6) is 0 Å². The average molecular weight is 551 g/mol. The summed E-state index contributed by atoms with van der Waals surface area (Å²) in [6, 6.07) is 9.98. The zero-order valence-electron chi connectivity index (χ0n) is 22.6. The largest absolute Gasteiger partial charge is 0.361 e. The molecule has 2 aromatic rings. The van der Waals surface area contributed by atoms with E-state index < -0.39 is 16.9 Å². The number of rotatable bonds is 10. The zero-order valence-corrected chi connectivity index (χ0v) is 23.4. The topological polar surface area (TPSA) is 78.7 Å². The van der Waals surface area contributed by atoms with Gasteiger partial charge < -0.3 is 9.84 Å². The number of piperidine rings is 1. The van der Waals surface area contributed by atoms with Gasteiger partial charge in [-0.3, -0.25) is 14.0 Å². The van der Waals surface area contributed by atoms with Crippen LogP contribution in [0.1, 0.15) is 62.5 Å². The number of amides is 1. The third kappa shape index (κ3) is 7.62. The number of alkyl halides is 2. The van der Waals surface area contributed by atoms with E-state index >= 15 is 0 Å². The Morgan fingerprint density at radius 1 is 1.18 bits per heavy atom. The molecule has 1 aliphatic heterocycles. The molecule has 1 saturated carbocycles. The molecule has 1 unspecified atom stereocenters. The van der Waals surface area contributed by atoms with E-state index in [0.29, 0.717) is 30.9 Å². The van der Waals surface area contributed by atoms with Crippen LogP contribution < -0.4 is 9.62 Å².